The molecule has 3 aromatic carbocycles. The second-order valence-corrected chi connectivity index (χ2v) is 13.5. The predicted molar refractivity (Wildman–Crippen MR) is 182 cm³/mol. The van der Waals surface area contributed by atoms with Crippen LogP contribution in [-0.2, 0) is 28.1 Å². The Balaban J connectivity index is 1.10. The molecule has 2 fully saturated rings. The van der Waals surface area contributed by atoms with Crippen LogP contribution in [0.15, 0.2) is 59.1 Å². The molecule has 3 amide bonds. The van der Waals surface area contributed by atoms with Gasteiger partial charge in [-0.15, -0.1) is 0 Å². The van der Waals surface area contributed by atoms with Gasteiger partial charge in [0.15, 0.2) is 0 Å². The van der Waals surface area contributed by atoms with E-state index in [1.54, 1.807) is 6.07 Å². The van der Waals surface area contributed by atoms with E-state index in [1.165, 1.54) is 11.0 Å². The van der Waals surface area contributed by atoms with Gasteiger partial charge in [-0.05, 0) is 111 Å². The number of carbonyl (C=O) groups is 3. The first-order chi connectivity index (χ1) is 23.6. The molecule has 3 heterocycles. The highest BCUT2D eigenvalue weighted by Crippen LogP contribution is 2.50. The summed E-state index contributed by atoms with van der Waals surface area (Å²) in [7, 11) is 0. The Labute approximate surface area is 284 Å². The summed E-state index contributed by atoms with van der Waals surface area (Å²) >= 11 is 0. The molecule has 10 heteroatoms. The van der Waals surface area contributed by atoms with Crippen molar-refractivity contribution in [3.05, 3.63) is 111 Å². The van der Waals surface area contributed by atoms with E-state index >= 15 is 4.39 Å². The first-order valence-corrected chi connectivity index (χ1v) is 16.8. The second-order valence-electron chi connectivity index (χ2n) is 13.5. The molecule has 1 N–H and O–H groups in total. The van der Waals surface area contributed by atoms with E-state index in [9.17, 15) is 14.4 Å². The van der Waals surface area contributed by atoms with Crippen molar-refractivity contribution < 1.29 is 23.3 Å². The third kappa shape index (κ3) is 5.99. The normalized spacial score (nSPS) is 17.9. The number of rotatable bonds is 10. The number of hydrogen-bond donors (Lipinski definition) is 1. The molecule has 250 valence electrons. The number of benzene rings is 3. The van der Waals surface area contributed by atoms with Crippen LogP contribution >= 0.6 is 0 Å². The van der Waals surface area contributed by atoms with E-state index in [0.717, 1.165) is 64.3 Å². The summed E-state index contributed by atoms with van der Waals surface area (Å²) in [6, 6.07) is 17.0. The molecular formula is C39H38FN5O4. The Bertz CT molecular complexity index is 2000. The molecule has 1 unspecified atom stereocenters. The lowest BCUT2D eigenvalue weighted by molar-refractivity contribution is -0.136. The minimum atomic E-state index is -0.736. The lowest BCUT2D eigenvalue weighted by Crippen LogP contribution is -2.52. The van der Waals surface area contributed by atoms with E-state index in [0.29, 0.717) is 36.1 Å². The Morgan fingerprint density at radius 2 is 1.84 bits per heavy atom. The SMILES string of the molecule is [C-]#[N+]C1(c2ccc(N(CCCCc3cc4c(cc3F)CN(C3CCC(=O)NC3=O)C4=O)c3cc(-c4c(C)noc4C)ccc3C)cc2)CC1. The van der Waals surface area contributed by atoms with Crippen LogP contribution in [0, 0.1) is 33.2 Å². The molecule has 1 aliphatic carbocycles. The monoisotopic (exact) mass is 659 g/mol. The van der Waals surface area contributed by atoms with Crippen LogP contribution in [0.5, 0.6) is 0 Å². The molecule has 1 saturated carbocycles. The van der Waals surface area contributed by atoms with Crippen molar-refractivity contribution in [3.8, 4) is 11.1 Å². The van der Waals surface area contributed by atoms with Crippen molar-refractivity contribution in [2.24, 2.45) is 0 Å². The summed E-state index contributed by atoms with van der Waals surface area (Å²) in [6.07, 6.45) is 4.08. The number of carbonyl (C=O) groups excluding carboxylic acids is 3. The van der Waals surface area contributed by atoms with Gasteiger partial charge in [0.1, 0.15) is 17.6 Å². The summed E-state index contributed by atoms with van der Waals surface area (Å²) in [4.78, 5) is 45.0. The molecule has 9 nitrogen and oxygen atoms in total. The number of anilines is 2. The average Bonchev–Trinajstić information content (AvgIpc) is 3.74. The fraction of sp³-hybridized carbons (Fsp3) is 0.359. The number of aromatic nitrogens is 1. The van der Waals surface area contributed by atoms with Gasteiger partial charge in [-0.2, -0.15) is 0 Å². The highest BCUT2D eigenvalue weighted by Gasteiger charge is 2.52. The smallest absolute Gasteiger partial charge is 0.258 e. The van der Waals surface area contributed by atoms with E-state index in [-0.39, 0.29) is 42.6 Å². The number of piperidine rings is 1. The van der Waals surface area contributed by atoms with Gasteiger partial charge in [-0.1, -0.05) is 17.3 Å². The van der Waals surface area contributed by atoms with Crippen molar-refractivity contribution in [2.75, 3.05) is 11.4 Å². The highest BCUT2D eigenvalue weighted by molar-refractivity contribution is 6.05. The quantitative estimate of drug-likeness (QED) is 0.110. The van der Waals surface area contributed by atoms with Crippen molar-refractivity contribution in [2.45, 2.75) is 83.8 Å². The fourth-order valence-corrected chi connectivity index (χ4v) is 7.28. The van der Waals surface area contributed by atoms with Crippen LogP contribution in [0.25, 0.3) is 16.0 Å². The molecule has 1 atom stereocenters. The van der Waals surface area contributed by atoms with Crippen LogP contribution in [-0.4, -0.2) is 40.4 Å². The summed E-state index contributed by atoms with van der Waals surface area (Å²) < 4.78 is 20.8. The van der Waals surface area contributed by atoms with Gasteiger partial charge in [0, 0.05) is 60.4 Å². The summed E-state index contributed by atoms with van der Waals surface area (Å²) in [5.74, 6) is -0.735. The molecular weight excluding hydrogens is 621 g/mol. The zero-order chi connectivity index (χ0) is 34.4. The predicted octanol–water partition coefficient (Wildman–Crippen LogP) is 7.24. The van der Waals surface area contributed by atoms with Crippen molar-refractivity contribution >= 4 is 29.1 Å². The Hall–Kier alpha value is -5.30. The average molecular weight is 660 g/mol. The maximum Gasteiger partial charge on any atom is 0.258 e. The maximum atomic E-state index is 15.4. The van der Waals surface area contributed by atoms with Crippen molar-refractivity contribution in [1.29, 1.82) is 0 Å². The van der Waals surface area contributed by atoms with E-state index in [2.05, 4.69) is 69.6 Å². The zero-order valence-corrected chi connectivity index (χ0v) is 27.9. The molecule has 0 spiro atoms. The number of nitrogens with one attached hydrogen (secondary N) is 1. The van der Waals surface area contributed by atoms with Crippen LogP contribution in [0.2, 0.25) is 0 Å². The van der Waals surface area contributed by atoms with Gasteiger partial charge in [0.2, 0.25) is 11.8 Å². The number of halogens is 1. The number of amides is 3. The minimum absolute atomic E-state index is 0.148. The van der Waals surface area contributed by atoms with Crippen molar-refractivity contribution in [3.63, 3.8) is 0 Å². The topological polar surface area (TPSA) is 100 Å². The number of nitrogens with zero attached hydrogens (tertiary/aromatic N) is 4. The molecule has 4 aromatic rings. The van der Waals surface area contributed by atoms with Gasteiger partial charge in [0.05, 0.1) is 5.69 Å². The van der Waals surface area contributed by atoms with Gasteiger partial charge in [-0.25, -0.2) is 11.0 Å². The summed E-state index contributed by atoms with van der Waals surface area (Å²) in [5.41, 5.74) is 8.07. The molecule has 7 rings (SSSR count). The van der Waals surface area contributed by atoms with Crippen LogP contribution < -0.4 is 10.2 Å². The third-order valence-corrected chi connectivity index (χ3v) is 10.2. The summed E-state index contributed by atoms with van der Waals surface area (Å²) in [5, 5.41) is 6.46. The lowest BCUT2D eigenvalue weighted by atomic mass is 9.99. The minimum Gasteiger partial charge on any atom is -0.361 e. The molecule has 0 bridgehead atoms. The third-order valence-electron chi connectivity index (χ3n) is 10.2. The first kappa shape index (κ1) is 32.3. The van der Waals surface area contributed by atoms with E-state index in [4.69, 9.17) is 11.1 Å². The number of imide groups is 1. The van der Waals surface area contributed by atoms with Gasteiger partial charge in [-0.3, -0.25) is 19.7 Å². The zero-order valence-electron chi connectivity index (χ0n) is 27.9. The van der Waals surface area contributed by atoms with Crippen LogP contribution in [0.3, 0.4) is 0 Å². The standard InChI is InChI=1S/C39H38FN5O4/c1-23-8-9-27(36-24(2)43-49-25(36)3)21-34(23)44(30-12-10-29(11-13-30)39(41-4)16-17-39)18-6-5-7-26-19-31-28(20-32(26)40)22-45(38(31)48)33-14-15-35(46)42-37(33)47/h8-13,19-21,33H,5-7,14-18,22H2,1-3H3,(H,42,46,47). The second kappa shape index (κ2) is 12.6. The van der Waals surface area contributed by atoms with Crippen LogP contribution in [0.4, 0.5) is 15.8 Å². The molecule has 1 aromatic heterocycles. The summed E-state index contributed by atoms with van der Waals surface area (Å²) in [6.45, 7) is 14.4. The maximum absolute atomic E-state index is 15.4. The lowest BCUT2D eigenvalue weighted by Gasteiger charge is -2.29. The van der Waals surface area contributed by atoms with Gasteiger partial charge in [0.25, 0.3) is 11.4 Å². The fourth-order valence-electron chi connectivity index (χ4n) is 7.28. The number of aryl methyl sites for hydroxylation is 4. The number of unbranched alkanes of at least 4 members (excludes halogenated alkanes) is 1. The van der Waals surface area contributed by atoms with Gasteiger partial charge >= 0.3 is 0 Å². The van der Waals surface area contributed by atoms with Gasteiger partial charge < -0.3 is 19.2 Å². The highest BCUT2D eigenvalue weighted by atomic mass is 19.1. The van der Waals surface area contributed by atoms with E-state index < -0.39 is 11.9 Å². The Morgan fingerprint density at radius 3 is 2.51 bits per heavy atom. The van der Waals surface area contributed by atoms with Crippen molar-refractivity contribution in [1.82, 2.24) is 15.4 Å². The molecule has 49 heavy (non-hydrogen) atoms. The molecule has 0 radical (unpaired) electrons. The van der Waals surface area contributed by atoms with Crippen LogP contribution in [0.1, 0.15) is 82.6 Å². The number of fused-ring (bicyclic) bond motifs is 1. The molecule has 2 aliphatic heterocycles. The first-order valence-electron chi connectivity index (χ1n) is 16.8. The largest absolute Gasteiger partial charge is 0.361 e. The molecule has 1 saturated heterocycles. The van der Waals surface area contributed by atoms with E-state index in [1.807, 2.05) is 13.8 Å². The number of hydrogen-bond acceptors (Lipinski definition) is 6. The molecule has 3 aliphatic rings. The Kier molecular flexibility index (Phi) is 8.31. The Morgan fingerprint density at radius 1 is 1.06 bits per heavy atom.